The number of carbonyl (C=O) groups excluding carboxylic acids is 2. The molecule has 0 spiro atoms. The molecule has 164 valence electrons. The Hall–Kier alpha value is -3.24. The zero-order valence-corrected chi connectivity index (χ0v) is 18.3. The number of benzene rings is 2. The van der Waals surface area contributed by atoms with E-state index in [2.05, 4.69) is 36.8 Å². The second-order valence-electron chi connectivity index (χ2n) is 6.32. The van der Waals surface area contributed by atoms with Gasteiger partial charge in [0.2, 0.25) is 0 Å². The summed E-state index contributed by atoms with van der Waals surface area (Å²) in [6.45, 7) is 0. The van der Waals surface area contributed by atoms with Crippen LogP contribution in [-0.2, 0) is 6.18 Å². The molecule has 2 N–H and O–H groups in total. The van der Waals surface area contributed by atoms with Crippen LogP contribution in [0.1, 0.15) is 31.8 Å². The summed E-state index contributed by atoms with van der Waals surface area (Å²) in [6, 6.07) is 10.9. The van der Waals surface area contributed by atoms with Crippen molar-refractivity contribution >= 4 is 51.2 Å². The number of carbonyl (C=O) groups is 2. The highest BCUT2D eigenvalue weighted by Gasteiger charge is 2.33. The average molecular weight is 526 g/mol. The van der Waals surface area contributed by atoms with Crippen LogP contribution in [-0.4, -0.2) is 23.0 Å². The maximum atomic E-state index is 13.0. The van der Waals surface area contributed by atoms with Crippen LogP contribution >= 0.6 is 27.5 Å². The Balaban J connectivity index is 1.77. The van der Waals surface area contributed by atoms with Crippen molar-refractivity contribution in [2.45, 2.75) is 6.18 Å². The van der Waals surface area contributed by atoms with E-state index in [0.717, 1.165) is 18.3 Å². The van der Waals surface area contributed by atoms with E-state index in [1.807, 2.05) is 0 Å². The van der Waals surface area contributed by atoms with Gasteiger partial charge in [0, 0.05) is 22.4 Å². The lowest BCUT2D eigenvalue weighted by atomic mass is 10.1. The normalized spacial score (nSPS) is 11.4. The number of aromatic nitrogens is 1. The first kappa shape index (κ1) is 23.4. The van der Waals surface area contributed by atoms with E-state index < -0.39 is 28.6 Å². The first-order valence-electron chi connectivity index (χ1n) is 8.86. The van der Waals surface area contributed by atoms with Crippen molar-refractivity contribution in [3.8, 4) is 0 Å². The molecule has 1 heterocycles. The predicted octanol–water partition coefficient (Wildman–Crippen LogP) is 5.53. The maximum absolute atomic E-state index is 13.0. The number of pyridine rings is 1. The van der Waals surface area contributed by atoms with E-state index in [-0.39, 0.29) is 16.8 Å². The summed E-state index contributed by atoms with van der Waals surface area (Å²) in [6.07, 6.45) is -0.654. The fraction of sp³-hybridized carbons (Fsp3) is 0.0476. The molecule has 0 fully saturated rings. The number of halogens is 5. The lowest BCUT2D eigenvalue weighted by Crippen LogP contribution is -2.21. The number of hydrazone groups is 1. The predicted molar refractivity (Wildman–Crippen MR) is 118 cm³/mol. The van der Waals surface area contributed by atoms with Crippen molar-refractivity contribution in [3.63, 3.8) is 0 Å². The van der Waals surface area contributed by atoms with Crippen LogP contribution in [0.2, 0.25) is 5.02 Å². The Morgan fingerprint density at radius 3 is 2.44 bits per heavy atom. The van der Waals surface area contributed by atoms with Gasteiger partial charge in [-0.1, -0.05) is 33.6 Å². The molecule has 0 bridgehead atoms. The Morgan fingerprint density at radius 2 is 1.75 bits per heavy atom. The summed E-state index contributed by atoms with van der Waals surface area (Å²) in [7, 11) is 0. The van der Waals surface area contributed by atoms with E-state index in [1.165, 1.54) is 42.7 Å². The molecule has 0 saturated heterocycles. The fourth-order valence-electron chi connectivity index (χ4n) is 2.58. The summed E-state index contributed by atoms with van der Waals surface area (Å²) < 4.78 is 39.5. The number of nitrogens with one attached hydrogen (secondary N) is 2. The molecule has 0 radical (unpaired) electrons. The SMILES string of the molecule is O=C(Nc1ccc(Br)cc1C(=O)N/N=C/c1ccc(Cl)c(C(F)(F)F)c1)c1ccncc1. The van der Waals surface area contributed by atoms with Gasteiger partial charge < -0.3 is 5.32 Å². The van der Waals surface area contributed by atoms with Crippen LogP contribution in [0.5, 0.6) is 0 Å². The van der Waals surface area contributed by atoms with E-state index in [0.29, 0.717) is 10.0 Å². The van der Waals surface area contributed by atoms with Gasteiger partial charge in [0.25, 0.3) is 11.8 Å². The van der Waals surface area contributed by atoms with Crippen LogP contribution in [0.3, 0.4) is 0 Å². The molecule has 0 aliphatic heterocycles. The third-order valence-electron chi connectivity index (χ3n) is 4.09. The standard InChI is InChI=1S/C21H13BrClF3N4O2/c22-14-2-4-18(29-19(31)13-5-7-27-8-6-13)15(10-14)20(32)30-28-11-12-1-3-17(23)16(9-12)21(24,25)26/h1-11H,(H,29,31)(H,30,32)/b28-11+. The fourth-order valence-corrected chi connectivity index (χ4v) is 3.16. The number of amides is 2. The summed E-state index contributed by atoms with van der Waals surface area (Å²) >= 11 is 8.84. The minimum atomic E-state index is -4.62. The van der Waals surface area contributed by atoms with Gasteiger partial charge in [-0.2, -0.15) is 18.3 Å². The first-order valence-corrected chi connectivity index (χ1v) is 10.0. The molecule has 1 aromatic heterocycles. The zero-order chi connectivity index (χ0) is 23.3. The van der Waals surface area contributed by atoms with Crippen LogP contribution in [0.15, 0.2) is 70.5 Å². The zero-order valence-electron chi connectivity index (χ0n) is 16.0. The second kappa shape index (κ2) is 9.92. The van der Waals surface area contributed by atoms with Gasteiger partial charge >= 0.3 is 6.18 Å². The van der Waals surface area contributed by atoms with Crippen LogP contribution < -0.4 is 10.7 Å². The molecule has 0 unspecified atom stereocenters. The van der Waals surface area contributed by atoms with E-state index in [1.54, 1.807) is 6.07 Å². The van der Waals surface area contributed by atoms with Gasteiger partial charge in [0.15, 0.2) is 0 Å². The number of nitrogens with zero attached hydrogens (tertiary/aromatic N) is 2. The maximum Gasteiger partial charge on any atom is 0.417 e. The van der Waals surface area contributed by atoms with E-state index >= 15 is 0 Å². The Kier molecular flexibility index (Phi) is 7.26. The molecule has 3 rings (SSSR count). The molecule has 3 aromatic rings. The molecule has 11 heteroatoms. The number of hydrogen-bond acceptors (Lipinski definition) is 4. The van der Waals surface area contributed by atoms with Crippen molar-refractivity contribution in [3.05, 3.63) is 92.7 Å². The van der Waals surface area contributed by atoms with Gasteiger partial charge in [0.1, 0.15) is 0 Å². The molecule has 2 aromatic carbocycles. The van der Waals surface area contributed by atoms with Gasteiger partial charge in [-0.3, -0.25) is 14.6 Å². The molecule has 0 atom stereocenters. The Labute approximate surface area is 193 Å². The highest BCUT2D eigenvalue weighted by atomic mass is 79.9. The lowest BCUT2D eigenvalue weighted by Gasteiger charge is -2.11. The van der Waals surface area contributed by atoms with Crippen molar-refractivity contribution in [1.29, 1.82) is 0 Å². The summed E-state index contributed by atoms with van der Waals surface area (Å²) in [5, 5.41) is 5.90. The molecule has 6 nitrogen and oxygen atoms in total. The van der Waals surface area contributed by atoms with Crippen molar-refractivity contribution < 1.29 is 22.8 Å². The topological polar surface area (TPSA) is 83.5 Å². The van der Waals surface area contributed by atoms with E-state index in [4.69, 9.17) is 11.6 Å². The molecule has 0 aliphatic rings. The summed E-state index contributed by atoms with van der Waals surface area (Å²) in [5.74, 6) is -1.13. The van der Waals surface area contributed by atoms with Gasteiger partial charge in [-0.05, 0) is 48.0 Å². The highest BCUT2D eigenvalue weighted by molar-refractivity contribution is 9.10. The number of alkyl halides is 3. The molecular weight excluding hydrogens is 513 g/mol. The van der Waals surface area contributed by atoms with Gasteiger partial charge in [-0.25, -0.2) is 5.43 Å². The van der Waals surface area contributed by atoms with Gasteiger partial charge in [-0.15, -0.1) is 0 Å². The number of rotatable bonds is 5. The third-order valence-corrected chi connectivity index (χ3v) is 4.92. The third kappa shape index (κ3) is 5.92. The van der Waals surface area contributed by atoms with Gasteiger partial charge in [0.05, 0.1) is 28.1 Å². The molecule has 2 amide bonds. The minimum Gasteiger partial charge on any atom is -0.321 e. The van der Waals surface area contributed by atoms with Crippen LogP contribution in [0, 0.1) is 0 Å². The number of hydrogen-bond donors (Lipinski definition) is 2. The lowest BCUT2D eigenvalue weighted by molar-refractivity contribution is -0.137. The van der Waals surface area contributed by atoms with Crippen LogP contribution in [0.25, 0.3) is 0 Å². The largest absolute Gasteiger partial charge is 0.417 e. The Morgan fingerprint density at radius 1 is 1.03 bits per heavy atom. The second-order valence-corrected chi connectivity index (χ2v) is 7.64. The number of anilines is 1. The van der Waals surface area contributed by atoms with E-state index in [9.17, 15) is 22.8 Å². The Bertz CT molecular complexity index is 1190. The molecular formula is C21H13BrClF3N4O2. The molecule has 0 aliphatic carbocycles. The first-order chi connectivity index (χ1) is 15.1. The summed E-state index contributed by atoms with van der Waals surface area (Å²) in [4.78, 5) is 28.8. The van der Waals surface area contributed by atoms with Crippen LogP contribution in [0.4, 0.5) is 18.9 Å². The minimum absolute atomic E-state index is 0.0856. The summed E-state index contributed by atoms with van der Waals surface area (Å²) in [5.41, 5.74) is 1.96. The molecule has 0 saturated carbocycles. The van der Waals surface area contributed by atoms with Crippen molar-refractivity contribution in [2.24, 2.45) is 5.10 Å². The highest BCUT2D eigenvalue weighted by Crippen LogP contribution is 2.34. The molecule has 32 heavy (non-hydrogen) atoms. The monoisotopic (exact) mass is 524 g/mol. The average Bonchev–Trinajstić information content (AvgIpc) is 2.75. The van der Waals surface area contributed by atoms with Crippen molar-refractivity contribution in [1.82, 2.24) is 10.4 Å². The quantitative estimate of drug-likeness (QED) is 0.339. The smallest absolute Gasteiger partial charge is 0.321 e. The van der Waals surface area contributed by atoms with Crippen molar-refractivity contribution in [2.75, 3.05) is 5.32 Å².